The first kappa shape index (κ1) is 16.7. The zero-order chi connectivity index (χ0) is 16.8. The van der Waals surface area contributed by atoms with Gasteiger partial charge >= 0.3 is 0 Å². The second-order valence-electron chi connectivity index (χ2n) is 6.75. The van der Waals surface area contributed by atoms with Gasteiger partial charge in [0.25, 0.3) is 0 Å². The fourth-order valence-corrected chi connectivity index (χ4v) is 3.54. The van der Waals surface area contributed by atoms with E-state index in [9.17, 15) is 9.59 Å². The molecule has 1 aliphatic carbocycles. The minimum atomic E-state index is -0.0241. The van der Waals surface area contributed by atoms with Gasteiger partial charge in [-0.25, -0.2) is 0 Å². The predicted molar refractivity (Wildman–Crippen MR) is 96.0 cm³/mol. The lowest BCUT2D eigenvalue weighted by Gasteiger charge is -2.21. The Morgan fingerprint density at radius 1 is 0.958 bits per heavy atom. The monoisotopic (exact) mass is 326 g/mol. The third-order valence-electron chi connectivity index (χ3n) is 4.90. The van der Waals surface area contributed by atoms with Crippen LogP contribution in [-0.2, 0) is 4.79 Å². The van der Waals surface area contributed by atoms with Gasteiger partial charge in [-0.1, -0.05) is 50.3 Å². The van der Waals surface area contributed by atoms with Crippen molar-refractivity contribution in [2.75, 3.05) is 0 Å². The van der Waals surface area contributed by atoms with Crippen LogP contribution in [-0.4, -0.2) is 22.4 Å². The van der Waals surface area contributed by atoms with Crippen molar-refractivity contribution in [3.05, 3.63) is 36.5 Å². The minimum Gasteiger partial charge on any atom is -0.353 e. The van der Waals surface area contributed by atoms with E-state index in [0.29, 0.717) is 6.04 Å². The standard InChI is InChI=1S/C20H26N2O2/c23-19(21-17-9-4-2-1-3-5-10-17)12-13-20(24)22-15-14-16-8-6-7-11-18(16)22/h6-8,11,14-15,17H,1-5,9-10,12-13H2,(H,21,23). The van der Waals surface area contributed by atoms with Crippen molar-refractivity contribution in [3.63, 3.8) is 0 Å². The molecule has 1 aliphatic rings. The number of benzene rings is 1. The summed E-state index contributed by atoms with van der Waals surface area (Å²) in [4.78, 5) is 24.6. The van der Waals surface area contributed by atoms with Gasteiger partial charge in [0.15, 0.2) is 0 Å². The summed E-state index contributed by atoms with van der Waals surface area (Å²) in [7, 11) is 0. The Hall–Kier alpha value is -2.10. The van der Waals surface area contributed by atoms with Crippen LogP contribution in [0, 0.1) is 0 Å². The number of hydrogen-bond acceptors (Lipinski definition) is 2. The average Bonchev–Trinajstić information content (AvgIpc) is 2.99. The molecule has 0 unspecified atom stereocenters. The fraction of sp³-hybridized carbons (Fsp3) is 0.500. The Labute approximate surface area is 143 Å². The first-order chi connectivity index (χ1) is 11.7. The normalized spacial score (nSPS) is 16.5. The van der Waals surface area contributed by atoms with Gasteiger partial charge in [0.1, 0.15) is 0 Å². The zero-order valence-corrected chi connectivity index (χ0v) is 14.2. The highest BCUT2D eigenvalue weighted by Gasteiger charge is 2.16. The first-order valence-electron chi connectivity index (χ1n) is 9.13. The lowest BCUT2D eigenvalue weighted by Crippen LogP contribution is -2.35. The summed E-state index contributed by atoms with van der Waals surface area (Å²) in [6.07, 6.45) is 10.7. The molecule has 1 aromatic carbocycles. The number of aromatic nitrogens is 1. The summed E-state index contributed by atoms with van der Waals surface area (Å²) < 4.78 is 1.65. The number of fused-ring (bicyclic) bond motifs is 1. The van der Waals surface area contributed by atoms with E-state index in [1.165, 1.54) is 32.1 Å². The van der Waals surface area contributed by atoms with Crippen LogP contribution in [0.1, 0.15) is 62.6 Å². The summed E-state index contributed by atoms with van der Waals surface area (Å²) in [5.41, 5.74) is 0.905. The van der Waals surface area contributed by atoms with E-state index in [4.69, 9.17) is 0 Å². The van der Waals surface area contributed by atoms with E-state index in [1.54, 1.807) is 10.8 Å². The van der Waals surface area contributed by atoms with Gasteiger partial charge in [0.2, 0.25) is 11.8 Å². The number of rotatable bonds is 4. The van der Waals surface area contributed by atoms with E-state index < -0.39 is 0 Å². The van der Waals surface area contributed by atoms with E-state index in [0.717, 1.165) is 23.7 Å². The van der Waals surface area contributed by atoms with E-state index in [-0.39, 0.29) is 24.7 Å². The number of para-hydroxylation sites is 1. The van der Waals surface area contributed by atoms with Crippen molar-refractivity contribution < 1.29 is 9.59 Å². The maximum absolute atomic E-state index is 12.4. The van der Waals surface area contributed by atoms with Crippen LogP contribution >= 0.6 is 0 Å². The summed E-state index contributed by atoms with van der Waals surface area (Å²) in [5, 5.41) is 4.17. The first-order valence-corrected chi connectivity index (χ1v) is 9.13. The molecule has 0 bridgehead atoms. The van der Waals surface area contributed by atoms with Gasteiger partial charge in [-0.05, 0) is 25.0 Å². The van der Waals surface area contributed by atoms with Crippen molar-refractivity contribution in [1.29, 1.82) is 0 Å². The maximum Gasteiger partial charge on any atom is 0.231 e. The number of carbonyl (C=O) groups excluding carboxylic acids is 2. The second kappa shape index (κ2) is 8.13. The zero-order valence-electron chi connectivity index (χ0n) is 14.2. The highest BCUT2D eigenvalue weighted by atomic mass is 16.2. The van der Waals surface area contributed by atoms with Crippen molar-refractivity contribution >= 4 is 22.7 Å². The number of hydrogen-bond donors (Lipinski definition) is 1. The van der Waals surface area contributed by atoms with Gasteiger partial charge in [-0.15, -0.1) is 0 Å². The van der Waals surface area contributed by atoms with Crippen LogP contribution in [0.15, 0.2) is 36.5 Å². The molecular weight excluding hydrogens is 300 g/mol. The molecule has 0 saturated heterocycles. The molecule has 0 aliphatic heterocycles. The van der Waals surface area contributed by atoms with Crippen LogP contribution in [0.4, 0.5) is 0 Å². The lowest BCUT2D eigenvalue weighted by molar-refractivity contribution is -0.121. The number of carbonyl (C=O) groups is 2. The quantitative estimate of drug-likeness (QED) is 0.911. The van der Waals surface area contributed by atoms with E-state index >= 15 is 0 Å². The summed E-state index contributed by atoms with van der Waals surface area (Å²) in [5.74, 6) is -0.0191. The van der Waals surface area contributed by atoms with Crippen LogP contribution in [0.25, 0.3) is 10.9 Å². The molecule has 4 heteroatoms. The molecule has 2 aromatic rings. The van der Waals surface area contributed by atoms with Crippen molar-refractivity contribution in [2.45, 2.75) is 63.8 Å². The molecule has 1 heterocycles. The Kier molecular flexibility index (Phi) is 5.68. The Morgan fingerprint density at radius 2 is 1.67 bits per heavy atom. The Balaban J connectivity index is 1.51. The molecule has 24 heavy (non-hydrogen) atoms. The molecule has 0 atom stereocenters. The smallest absolute Gasteiger partial charge is 0.231 e. The Bertz CT molecular complexity index is 696. The fourth-order valence-electron chi connectivity index (χ4n) is 3.54. The van der Waals surface area contributed by atoms with Crippen molar-refractivity contribution in [3.8, 4) is 0 Å². The van der Waals surface area contributed by atoms with E-state index in [1.807, 2.05) is 30.3 Å². The predicted octanol–water partition coefficient (Wildman–Crippen LogP) is 4.29. The average molecular weight is 326 g/mol. The SMILES string of the molecule is O=C(CCC(=O)n1ccc2ccccc21)NC1CCCCCCC1. The number of amides is 1. The number of nitrogens with zero attached hydrogens (tertiary/aromatic N) is 1. The van der Waals surface area contributed by atoms with E-state index in [2.05, 4.69) is 5.32 Å². The third-order valence-corrected chi connectivity index (χ3v) is 4.90. The van der Waals surface area contributed by atoms with Crippen LogP contribution < -0.4 is 5.32 Å². The van der Waals surface area contributed by atoms with Gasteiger partial charge in [-0.3, -0.25) is 14.2 Å². The molecule has 3 rings (SSSR count). The largest absolute Gasteiger partial charge is 0.353 e. The molecule has 1 saturated carbocycles. The highest BCUT2D eigenvalue weighted by molar-refractivity contribution is 5.93. The van der Waals surface area contributed by atoms with Gasteiger partial charge < -0.3 is 5.32 Å². The van der Waals surface area contributed by atoms with Crippen LogP contribution in [0.2, 0.25) is 0 Å². The molecule has 1 aromatic heterocycles. The molecule has 0 radical (unpaired) electrons. The topological polar surface area (TPSA) is 51.1 Å². The molecule has 1 amide bonds. The van der Waals surface area contributed by atoms with Crippen LogP contribution in [0.5, 0.6) is 0 Å². The summed E-state index contributed by atoms with van der Waals surface area (Å²) >= 11 is 0. The number of nitrogens with one attached hydrogen (secondary N) is 1. The van der Waals surface area contributed by atoms with Crippen molar-refractivity contribution in [2.24, 2.45) is 0 Å². The third kappa shape index (κ3) is 4.25. The molecular formula is C20H26N2O2. The Morgan fingerprint density at radius 3 is 2.46 bits per heavy atom. The molecule has 4 nitrogen and oxygen atoms in total. The van der Waals surface area contributed by atoms with Gasteiger partial charge in [-0.2, -0.15) is 0 Å². The molecule has 1 N–H and O–H groups in total. The van der Waals surface area contributed by atoms with Gasteiger partial charge in [0, 0.05) is 30.5 Å². The maximum atomic E-state index is 12.4. The molecule has 1 fully saturated rings. The minimum absolute atomic E-state index is 0.00499. The molecule has 0 spiro atoms. The van der Waals surface area contributed by atoms with Crippen molar-refractivity contribution in [1.82, 2.24) is 9.88 Å². The van der Waals surface area contributed by atoms with Crippen LogP contribution in [0.3, 0.4) is 0 Å². The highest BCUT2D eigenvalue weighted by Crippen LogP contribution is 2.18. The summed E-state index contributed by atoms with van der Waals surface area (Å²) in [6.45, 7) is 0. The second-order valence-corrected chi connectivity index (χ2v) is 6.75. The molecule has 128 valence electrons. The summed E-state index contributed by atoms with van der Waals surface area (Å²) in [6, 6.07) is 10.0. The van der Waals surface area contributed by atoms with Gasteiger partial charge in [0.05, 0.1) is 5.52 Å². The lowest BCUT2D eigenvalue weighted by atomic mass is 9.96.